The van der Waals surface area contributed by atoms with Gasteiger partial charge in [0.25, 0.3) is 5.91 Å². The Morgan fingerprint density at radius 3 is 2.28 bits per heavy atom. The normalized spacial score (nSPS) is 29.1. The van der Waals surface area contributed by atoms with Gasteiger partial charge in [0.2, 0.25) is 11.8 Å². The smallest absolute Gasteiger partial charge is 0.253 e. The fraction of sp³-hybridized carbons (Fsp3) is 0.500. The summed E-state index contributed by atoms with van der Waals surface area (Å²) < 4.78 is 12.8. The number of fused-ring (bicyclic) bond motifs is 2. The average molecular weight is 642 g/mol. The van der Waals surface area contributed by atoms with Crippen LogP contribution in [0, 0.1) is 31.6 Å². The van der Waals surface area contributed by atoms with Crippen molar-refractivity contribution in [3.63, 3.8) is 0 Å². The highest BCUT2D eigenvalue weighted by atomic mass is 16.5. The van der Waals surface area contributed by atoms with Gasteiger partial charge in [0.1, 0.15) is 17.4 Å². The van der Waals surface area contributed by atoms with E-state index < -0.39 is 35.1 Å². The van der Waals surface area contributed by atoms with Crippen LogP contribution >= 0.6 is 0 Å². The topological polar surface area (TPSA) is 99.6 Å². The first-order valence-electron chi connectivity index (χ1n) is 16.9. The second kappa shape index (κ2) is 12.6. The fourth-order valence-electron chi connectivity index (χ4n) is 8.26. The van der Waals surface area contributed by atoms with Crippen molar-refractivity contribution in [2.24, 2.45) is 17.8 Å². The molecule has 0 saturated carbocycles. The number of aliphatic hydroxyl groups excluding tert-OH is 1. The molecule has 0 aromatic heterocycles. The minimum absolute atomic E-state index is 0.149. The number of rotatable bonds is 9. The molecule has 0 aliphatic carbocycles. The van der Waals surface area contributed by atoms with Crippen LogP contribution in [0.25, 0.3) is 0 Å². The van der Waals surface area contributed by atoms with Gasteiger partial charge in [0, 0.05) is 24.5 Å². The Balaban J connectivity index is 1.50. The molecule has 6 atom stereocenters. The Morgan fingerprint density at radius 1 is 0.915 bits per heavy atom. The first-order valence-corrected chi connectivity index (χ1v) is 16.9. The summed E-state index contributed by atoms with van der Waals surface area (Å²) in [5, 5.41) is 10.7. The van der Waals surface area contributed by atoms with E-state index in [1.807, 2.05) is 108 Å². The summed E-state index contributed by atoms with van der Waals surface area (Å²) in [6.07, 6.45) is 8.60. The Labute approximate surface area is 277 Å². The van der Waals surface area contributed by atoms with Crippen molar-refractivity contribution in [2.75, 3.05) is 36.1 Å². The van der Waals surface area contributed by atoms with E-state index in [9.17, 15) is 9.90 Å². The highest BCUT2D eigenvalue weighted by molar-refractivity contribution is 6.08. The molecule has 1 spiro atoms. The molecule has 3 amide bonds. The second-order valence-corrected chi connectivity index (χ2v) is 13.8. The first-order chi connectivity index (χ1) is 22.5. The first kappa shape index (κ1) is 33.0. The van der Waals surface area contributed by atoms with Crippen LogP contribution in [0.3, 0.4) is 0 Å². The lowest BCUT2D eigenvalue weighted by molar-refractivity contribution is -0.149. The Hall–Kier alpha value is -3.95. The van der Waals surface area contributed by atoms with Crippen LogP contribution in [0.5, 0.6) is 5.75 Å². The van der Waals surface area contributed by atoms with Gasteiger partial charge in [-0.15, -0.1) is 0 Å². The third kappa shape index (κ3) is 5.28. The van der Waals surface area contributed by atoms with Crippen molar-refractivity contribution in [1.82, 2.24) is 4.90 Å². The molecule has 2 aromatic carbocycles. The molecule has 6 rings (SSSR count). The maximum absolute atomic E-state index is 15.0. The van der Waals surface area contributed by atoms with Crippen LogP contribution < -0.4 is 14.5 Å². The molecule has 1 N–H and O–H groups in total. The Morgan fingerprint density at radius 2 is 1.62 bits per heavy atom. The number of hydrogen-bond acceptors (Lipinski definition) is 6. The van der Waals surface area contributed by atoms with Gasteiger partial charge < -0.3 is 29.3 Å². The van der Waals surface area contributed by atoms with E-state index in [1.165, 1.54) is 0 Å². The minimum atomic E-state index is -1.41. The van der Waals surface area contributed by atoms with Gasteiger partial charge in [-0.25, -0.2) is 0 Å². The van der Waals surface area contributed by atoms with Crippen molar-refractivity contribution in [1.29, 1.82) is 0 Å². The highest BCUT2D eigenvalue weighted by Crippen LogP contribution is 2.59. The van der Waals surface area contributed by atoms with Crippen molar-refractivity contribution in [2.45, 2.75) is 77.7 Å². The summed E-state index contributed by atoms with van der Waals surface area (Å²) >= 11 is 0. The van der Waals surface area contributed by atoms with Crippen LogP contribution in [-0.2, 0) is 19.1 Å². The van der Waals surface area contributed by atoms with E-state index in [2.05, 4.69) is 0 Å². The molecule has 1 unspecified atom stereocenters. The Kier molecular flexibility index (Phi) is 8.82. The average Bonchev–Trinajstić information content (AvgIpc) is 3.34. The van der Waals surface area contributed by atoms with E-state index in [0.717, 1.165) is 16.8 Å². The predicted octanol–water partition coefficient (Wildman–Crippen LogP) is 4.98. The fourth-order valence-corrected chi connectivity index (χ4v) is 8.26. The molecule has 4 aliphatic heterocycles. The molecule has 9 heteroatoms. The highest BCUT2D eigenvalue weighted by Gasteiger charge is 2.76. The van der Waals surface area contributed by atoms with Gasteiger partial charge in [-0.2, -0.15) is 0 Å². The van der Waals surface area contributed by atoms with Gasteiger partial charge in [0.15, 0.2) is 0 Å². The number of carbonyl (C=O) groups excluding carboxylic acids is 3. The number of aryl methyl sites for hydroxylation is 2. The zero-order valence-electron chi connectivity index (χ0n) is 28.3. The van der Waals surface area contributed by atoms with Gasteiger partial charge in [0.05, 0.1) is 36.7 Å². The van der Waals surface area contributed by atoms with Crippen molar-refractivity contribution >= 4 is 29.1 Å². The molecule has 0 radical (unpaired) electrons. The van der Waals surface area contributed by atoms with Crippen LogP contribution in [0.4, 0.5) is 11.4 Å². The van der Waals surface area contributed by atoms with E-state index in [0.29, 0.717) is 44.0 Å². The number of amides is 3. The largest absolute Gasteiger partial charge is 0.494 e. The summed E-state index contributed by atoms with van der Waals surface area (Å²) in [6.45, 7) is 12.7. The van der Waals surface area contributed by atoms with E-state index in [4.69, 9.17) is 9.47 Å². The quantitative estimate of drug-likeness (QED) is 0.388. The third-order valence-corrected chi connectivity index (χ3v) is 10.3. The number of nitrogens with zero attached hydrogens (tertiary/aromatic N) is 3. The summed E-state index contributed by atoms with van der Waals surface area (Å²) in [7, 11) is 0. The van der Waals surface area contributed by atoms with E-state index >= 15 is 9.59 Å². The maximum atomic E-state index is 15.0. The van der Waals surface area contributed by atoms with E-state index in [-0.39, 0.29) is 30.2 Å². The lowest BCUT2D eigenvalue weighted by Gasteiger charge is -2.41. The molecule has 47 heavy (non-hydrogen) atoms. The van der Waals surface area contributed by atoms with Gasteiger partial charge in [-0.3, -0.25) is 14.4 Å². The maximum Gasteiger partial charge on any atom is 0.253 e. The number of benzene rings is 2. The molecule has 0 bridgehead atoms. The number of likely N-dealkylation sites (tertiary alicyclic amines) is 1. The van der Waals surface area contributed by atoms with Crippen LogP contribution in [0.2, 0.25) is 0 Å². The molecule has 2 fully saturated rings. The predicted molar refractivity (Wildman–Crippen MR) is 181 cm³/mol. The molecule has 2 saturated heterocycles. The summed E-state index contributed by atoms with van der Waals surface area (Å²) in [4.78, 5) is 49.9. The standard InChI is InChI=1S/C38H47N3O6/c1-7-37-17-9-19-39(27-13-15-29(16-14-27)46-8-2)34(43)31(37)32-35(44)41(28(23-42)21-24(3)4)33-36(45)40(20-10-18-38(32,33)47-37)30-22-25(5)11-12-26(30)6/h9-18,22,24,28,31-33,42H,7-8,19-21,23H2,1-6H3/t28-,31+,32+,33?,37-,38+/m1/s1. The van der Waals surface area contributed by atoms with Crippen molar-refractivity contribution in [3.8, 4) is 5.75 Å². The number of anilines is 2. The number of ether oxygens (including phenoxy) is 2. The Bertz CT molecular complexity index is 1600. The van der Waals surface area contributed by atoms with Crippen LogP contribution in [0.15, 0.2) is 66.8 Å². The number of hydrogen-bond donors (Lipinski definition) is 1. The zero-order valence-corrected chi connectivity index (χ0v) is 28.3. The number of carbonyl (C=O) groups is 3. The summed E-state index contributed by atoms with van der Waals surface area (Å²) in [6, 6.07) is 11.7. The van der Waals surface area contributed by atoms with E-state index in [1.54, 1.807) is 14.7 Å². The summed E-state index contributed by atoms with van der Waals surface area (Å²) in [5.41, 5.74) is 0.902. The van der Waals surface area contributed by atoms with Crippen LogP contribution in [0.1, 0.15) is 51.7 Å². The van der Waals surface area contributed by atoms with Crippen LogP contribution in [-0.4, -0.2) is 77.3 Å². The molecule has 4 aliphatic rings. The lowest BCUT2D eigenvalue weighted by atomic mass is 9.73. The SMILES string of the molecule is CCOc1ccc(N2CC=C[C@@]3(CC)O[C@]45C=CCN(c6cc(C)ccc6C)C(=O)C4N([C@@H](CO)CC(C)C)C(=O)[C@@H]5[C@H]3C2=O)cc1. The molecule has 9 nitrogen and oxygen atoms in total. The molecule has 2 aromatic rings. The monoisotopic (exact) mass is 641 g/mol. The zero-order chi connectivity index (χ0) is 33.7. The molecule has 250 valence electrons. The molecule has 4 heterocycles. The van der Waals surface area contributed by atoms with Crippen molar-refractivity contribution < 1.29 is 29.0 Å². The summed E-state index contributed by atoms with van der Waals surface area (Å²) in [5.74, 6) is -1.82. The van der Waals surface area contributed by atoms with Gasteiger partial charge in [-0.1, -0.05) is 57.2 Å². The second-order valence-electron chi connectivity index (χ2n) is 13.8. The molecular formula is C38H47N3O6. The van der Waals surface area contributed by atoms with Gasteiger partial charge >= 0.3 is 0 Å². The molecular weight excluding hydrogens is 594 g/mol. The number of aliphatic hydroxyl groups is 1. The van der Waals surface area contributed by atoms with Crippen molar-refractivity contribution in [3.05, 3.63) is 77.9 Å². The minimum Gasteiger partial charge on any atom is -0.494 e. The lowest BCUT2D eigenvalue weighted by Crippen LogP contribution is -2.59. The van der Waals surface area contributed by atoms with Gasteiger partial charge in [-0.05, 0) is 81.0 Å². The third-order valence-electron chi connectivity index (χ3n) is 10.3.